The normalized spacial score (nSPS) is 17.1. The first kappa shape index (κ1) is 13.5. The van der Waals surface area contributed by atoms with Gasteiger partial charge in [-0.15, -0.1) is 0 Å². The average Bonchev–Trinajstić information content (AvgIpc) is 3.21. The minimum absolute atomic E-state index is 0.0716. The molecular formula is C23H19NO. The number of benzene rings is 3. The minimum Gasteiger partial charge on any atom is -0.456 e. The lowest BCUT2D eigenvalue weighted by Gasteiger charge is -2.34. The Balaban J connectivity index is 1.91. The van der Waals surface area contributed by atoms with Crippen molar-refractivity contribution in [2.75, 3.05) is 11.4 Å². The molecule has 0 atom stereocenters. The molecule has 0 unspecified atom stereocenters. The van der Waals surface area contributed by atoms with E-state index < -0.39 is 0 Å². The van der Waals surface area contributed by atoms with Gasteiger partial charge in [0.05, 0.1) is 11.1 Å². The number of rotatable bonds is 0. The van der Waals surface area contributed by atoms with Gasteiger partial charge in [-0.3, -0.25) is 0 Å². The van der Waals surface area contributed by atoms with Crippen LogP contribution in [0.2, 0.25) is 0 Å². The van der Waals surface area contributed by atoms with E-state index >= 15 is 0 Å². The Labute approximate surface area is 146 Å². The molecule has 2 aliphatic rings. The summed E-state index contributed by atoms with van der Waals surface area (Å²) in [4.78, 5) is 2.51. The van der Waals surface area contributed by atoms with Crippen LogP contribution in [0.15, 0.2) is 59.0 Å². The summed E-state index contributed by atoms with van der Waals surface area (Å²) in [6, 6.07) is 19.8. The van der Waals surface area contributed by atoms with Gasteiger partial charge in [0.15, 0.2) is 0 Å². The van der Waals surface area contributed by atoms with Crippen molar-refractivity contribution in [2.24, 2.45) is 0 Å². The smallest absolute Gasteiger partial charge is 0.137 e. The maximum absolute atomic E-state index is 6.24. The number of nitrogens with zero attached hydrogens (tertiary/aromatic N) is 1. The number of para-hydroxylation sites is 1. The third-order valence-electron chi connectivity index (χ3n) is 6.13. The average molecular weight is 325 g/mol. The summed E-state index contributed by atoms with van der Waals surface area (Å²) in [5, 5.41) is 2.55. The second-order valence-corrected chi connectivity index (χ2v) is 7.77. The van der Waals surface area contributed by atoms with Crippen LogP contribution in [0.3, 0.4) is 0 Å². The first-order chi connectivity index (χ1) is 12.2. The van der Waals surface area contributed by atoms with Crippen LogP contribution in [0.4, 0.5) is 11.4 Å². The fourth-order valence-corrected chi connectivity index (χ4v) is 4.94. The molecule has 2 nitrogen and oxygen atoms in total. The Morgan fingerprint density at radius 2 is 1.56 bits per heavy atom. The van der Waals surface area contributed by atoms with Crippen molar-refractivity contribution < 1.29 is 4.42 Å². The fourth-order valence-electron chi connectivity index (χ4n) is 4.94. The van der Waals surface area contributed by atoms with E-state index in [4.69, 9.17) is 4.42 Å². The number of hydrogen-bond acceptors (Lipinski definition) is 2. The molecular weight excluding hydrogens is 306 g/mol. The quantitative estimate of drug-likeness (QED) is 0.399. The molecule has 0 bridgehead atoms. The third-order valence-corrected chi connectivity index (χ3v) is 6.13. The standard InChI is InChI=1S/C23H19NO/c1-23(2)15-7-4-10-18-20(15)21-17(9-5-11-19(21)25-18)24-13-12-14-6-3-8-16(23)22(14)24/h3-11H,12-13H2,1-2H3. The van der Waals surface area contributed by atoms with Gasteiger partial charge in [0, 0.05) is 23.0 Å². The Morgan fingerprint density at radius 1 is 0.840 bits per heavy atom. The summed E-state index contributed by atoms with van der Waals surface area (Å²) < 4.78 is 6.24. The summed E-state index contributed by atoms with van der Waals surface area (Å²) in [6.07, 6.45) is 1.10. The molecule has 0 fully saturated rings. The lowest BCUT2D eigenvalue weighted by molar-refractivity contribution is 0.642. The van der Waals surface area contributed by atoms with Gasteiger partial charge in [-0.05, 0) is 41.3 Å². The van der Waals surface area contributed by atoms with Crippen molar-refractivity contribution in [3.05, 3.63) is 71.3 Å². The highest BCUT2D eigenvalue weighted by molar-refractivity contribution is 6.15. The molecule has 0 aliphatic carbocycles. The van der Waals surface area contributed by atoms with Gasteiger partial charge in [0.2, 0.25) is 0 Å². The predicted octanol–water partition coefficient (Wildman–Crippen LogP) is 5.92. The maximum Gasteiger partial charge on any atom is 0.137 e. The van der Waals surface area contributed by atoms with Crippen LogP contribution in [0.5, 0.6) is 0 Å². The third kappa shape index (κ3) is 1.51. The van der Waals surface area contributed by atoms with Crippen LogP contribution in [-0.2, 0) is 11.8 Å². The summed E-state index contributed by atoms with van der Waals surface area (Å²) in [5.41, 5.74) is 8.83. The SMILES string of the molecule is CC1(C)c2cccc3c2N(CC3)c2cccc3oc4cccc1c4c23. The summed E-state index contributed by atoms with van der Waals surface area (Å²) in [5.74, 6) is 0. The Bertz CT molecular complexity index is 1180. The van der Waals surface area contributed by atoms with Crippen LogP contribution >= 0.6 is 0 Å². The second kappa shape index (κ2) is 4.26. The van der Waals surface area contributed by atoms with Crippen LogP contribution in [-0.4, -0.2) is 6.54 Å². The minimum atomic E-state index is -0.0716. The molecule has 0 N–H and O–H groups in total. The van der Waals surface area contributed by atoms with Gasteiger partial charge < -0.3 is 9.32 Å². The predicted molar refractivity (Wildman–Crippen MR) is 103 cm³/mol. The Kier molecular flexibility index (Phi) is 2.31. The Hall–Kier alpha value is -2.74. The molecule has 4 aromatic rings. The number of fused-ring (bicyclic) bond motifs is 1. The number of anilines is 2. The molecule has 3 aromatic carbocycles. The molecule has 2 heteroatoms. The molecule has 6 rings (SSSR count). The molecule has 0 saturated heterocycles. The highest BCUT2D eigenvalue weighted by Crippen LogP contribution is 2.52. The van der Waals surface area contributed by atoms with Gasteiger partial charge in [-0.2, -0.15) is 0 Å². The van der Waals surface area contributed by atoms with Gasteiger partial charge in [-0.25, -0.2) is 0 Å². The van der Waals surface area contributed by atoms with E-state index in [-0.39, 0.29) is 5.41 Å². The molecule has 122 valence electrons. The van der Waals surface area contributed by atoms with E-state index in [9.17, 15) is 0 Å². The van der Waals surface area contributed by atoms with Crippen molar-refractivity contribution in [3.8, 4) is 0 Å². The van der Waals surface area contributed by atoms with Gasteiger partial charge >= 0.3 is 0 Å². The van der Waals surface area contributed by atoms with Crippen molar-refractivity contribution in [2.45, 2.75) is 25.7 Å². The largest absolute Gasteiger partial charge is 0.456 e. The lowest BCUT2D eigenvalue weighted by Crippen LogP contribution is -2.25. The summed E-state index contributed by atoms with van der Waals surface area (Å²) in [6.45, 7) is 5.73. The number of furan rings is 1. The van der Waals surface area contributed by atoms with E-state index in [1.165, 1.54) is 38.8 Å². The first-order valence-corrected chi connectivity index (χ1v) is 9.01. The molecule has 0 radical (unpaired) electrons. The van der Waals surface area contributed by atoms with Gasteiger partial charge in [-0.1, -0.05) is 50.2 Å². The summed E-state index contributed by atoms with van der Waals surface area (Å²) >= 11 is 0. The van der Waals surface area contributed by atoms with Crippen molar-refractivity contribution in [1.29, 1.82) is 0 Å². The highest BCUT2D eigenvalue weighted by Gasteiger charge is 2.37. The van der Waals surface area contributed by atoms with Crippen molar-refractivity contribution in [3.63, 3.8) is 0 Å². The molecule has 3 heterocycles. The fraction of sp³-hybridized carbons (Fsp3) is 0.217. The first-order valence-electron chi connectivity index (χ1n) is 9.01. The highest BCUT2D eigenvalue weighted by atomic mass is 16.3. The molecule has 1 aromatic heterocycles. The molecule has 0 saturated carbocycles. The zero-order chi connectivity index (χ0) is 16.8. The monoisotopic (exact) mass is 325 g/mol. The van der Waals surface area contributed by atoms with Crippen molar-refractivity contribution >= 4 is 33.3 Å². The van der Waals surface area contributed by atoms with E-state index in [0.29, 0.717) is 0 Å². The van der Waals surface area contributed by atoms with Crippen LogP contribution in [0.1, 0.15) is 30.5 Å². The zero-order valence-electron chi connectivity index (χ0n) is 14.5. The maximum atomic E-state index is 6.24. The molecule has 2 aliphatic heterocycles. The van der Waals surface area contributed by atoms with Gasteiger partial charge in [0.25, 0.3) is 0 Å². The topological polar surface area (TPSA) is 16.4 Å². The lowest BCUT2D eigenvalue weighted by atomic mass is 9.74. The van der Waals surface area contributed by atoms with E-state index in [0.717, 1.165) is 24.1 Å². The Morgan fingerprint density at radius 3 is 2.44 bits per heavy atom. The molecule has 25 heavy (non-hydrogen) atoms. The van der Waals surface area contributed by atoms with Gasteiger partial charge in [0.1, 0.15) is 11.2 Å². The van der Waals surface area contributed by atoms with Crippen molar-refractivity contribution in [1.82, 2.24) is 0 Å². The number of hydrogen-bond donors (Lipinski definition) is 0. The summed E-state index contributed by atoms with van der Waals surface area (Å²) in [7, 11) is 0. The zero-order valence-corrected chi connectivity index (χ0v) is 14.5. The van der Waals surface area contributed by atoms with E-state index in [2.05, 4.69) is 73.3 Å². The van der Waals surface area contributed by atoms with Crippen LogP contribution < -0.4 is 4.90 Å². The molecule has 0 spiro atoms. The second-order valence-electron chi connectivity index (χ2n) is 7.77. The molecule has 0 amide bonds. The van der Waals surface area contributed by atoms with E-state index in [1.807, 2.05) is 0 Å². The van der Waals surface area contributed by atoms with Crippen LogP contribution in [0.25, 0.3) is 21.9 Å². The van der Waals surface area contributed by atoms with Crippen LogP contribution in [0, 0.1) is 0 Å². The van der Waals surface area contributed by atoms with E-state index in [1.54, 1.807) is 0 Å².